The molecular weight excluding hydrogens is 309 g/mol. The molecule has 0 N–H and O–H groups in total. The normalized spacial score (nSPS) is 34.1. The van der Waals surface area contributed by atoms with E-state index >= 15 is 0 Å². The molecule has 94 valence electrons. The summed E-state index contributed by atoms with van der Waals surface area (Å²) < 4.78 is 2.85. The molecule has 0 aromatic rings. The number of hydrogen-bond acceptors (Lipinski definition) is 0. The summed E-state index contributed by atoms with van der Waals surface area (Å²) in [4.78, 5) is 0. The van der Waals surface area contributed by atoms with Crippen molar-refractivity contribution in [1.82, 2.24) is 0 Å². The molecule has 0 amide bonds. The van der Waals surface area contributed by atoms with Crippen molar-refractivity contribution in [1.29, 1.82) is 0 Å². The van der Waals surface area contributed by atoms with E-state index < -0.39 is 0 Å². The van der Waals surface area contributed by atoms with E-state index in [1.165, 1.54) is 73.6 Å². The third-order valence-corrected chi connectivity index (χ3v) is 6.26. The van der Waals surface area contributed by atoms with Crippen LogP contribution in [0.4, 0.5) is 0 Å². The van der Waals surface area contributed by atoms with Crippen LogP contribution in [-0.2, 0) is 0 Å². The molecule has 1 nitrogen and oxygen atoms in total. The van der Waals surface area contributed by atoms with Crippen LogP contribution in [0.3, 0.4) is 0 Å². The highest BCUT2D eigenvalue weighted by Gasteiger charge is 2.34. The van der Waals surface area contributed by atoms with Gasteiger partial charge in [0.15, 0.2) is 0 Å². The number of hydrogen-bond donors (Lipinski definition) is 0. The Morgan fingerprint density at radius 2 is 1.56 bits per heavy atom. The summed E-state index contributed by atoms with van der Waals surface area (Å²) in [5.74, 6) is 2.10. The molecule has 0 atom stereocenters. The van der Waals surface area contributed by atoms with Gasteiger partial charge in [-0.25, -0.2) is 0 Å². The summed E-state index contributed by atoms with van der Waals surface area (Å²) in [6.07, 6.45) is 9.03. The fourth-order valence-corrected chi connectivity index (χ4v) is 4.63. The highest BCUT2D eigenvalue weighted by Crippen LogP contribution is 2.33. The second kappa shape index (κ2) is 6.03. The van der Waals surface area contributed by atoms with Gasteiger partial charge in [-0.2, -0.15) is 0 Å². The Kier molecular flexibility index (Phi) is 4.95. The van der Waals surface area contributed by atoms with Crippen LogP contribution in [0.15, 0.2) is 0 Å². The lowest BCUT2D eigenvalue weighted by Gasteiger charge is -2.38. The Labute approximate surface area is 115 Å². The maximum absolute atomic E-state index is 2.57. The van der Waals surface area contributed by atoms with Gasteiger partial charge in [0.1, 0.15) is 0 Å². The first-order valence-electron chi connectivity index (χ1n) is 7.19. The molecule has 1 aliphatic carbocycles. The summed E-state index contributed by atoms with van der Waals surface area (Å²) in [5, 5.41) is 0. The number of halogens is 1. The van der Waals surface area contributed by atoms with E-state index in [2.05, 4.69) is 29.5 Å². The molecule has 0 bridgehead atoms. The van der Waals surface area contributed by atoms with E-state index in [-0.39, 0.29) is 0 Å². The lowest BCUT2D eigenvalue weighted by Crippen LogP contribution is -2.48. The molecule has 1 saturated carbocycles. The van der Waals surface area contributed by atoms with Crippen LogP contribution in [0.5, 0.6) is 0 Å². The van der Waals surface area contributed by atoms with Crippen LogP contribution in [-0.4, -0.2) is 35.1 Å². The minimum atomic E-state index is 1.05. The van der Waals surface area contributed by atoms with Crippen molar-refractivity contribution < 1.29 is 4.48 Å². The molecule has 1 aliphatic heterocycles. The number of rotatable bonds is 4. The highest BCUT2D eigenvalue weighted by molar-refractivity contribution is 14.1. The predicted molar refractivity (Wildman–Crippen MR) is 79.0 cm³/mol. The zero-order valence-corrected chi connectivity index (χ0v) is 12.9. The van der Waals surface area contributed by atoms with Gasteiger partial charge in [0, 0.05) is 23.2 Å². The summed E-state index contributed by atoms with van der Waals surface area (Å²) in [6, 6.07) is 0. The monoisotopic (exact) mass is 336 g/mol. The number of alkyl halides is 1. The quantitative estimate of drug-likeness (QED) is 0.415. The fourth-order valence-electron chi connectivity index (χ4n) is 3.75. The summed E-state index contributed by atoms with van der Waals surface area (Å²) in [6.45, 7) is 8.24. The molecule has 2 heteroatoms. The van der Waals surface area contributed by atoms with Gasteiger partial charge in [0.25, 0.3) is 0 Å². The van der Waals surface area contributed by atoms with E-state index in [1.807, 2.05) is 0 Å². The topological polar surface area (TPSA) is 0 Å². The Bertz CT molecular complexity index is 203. The minimum absolute atomic E-state index is 1.05. The molecule has 2 fully saturated rings. The van der Waals surface area contributed by atoms with Crippen molar-refractivity contribution in [3.8, 4) is 0 Å². The number of likely N-dealkylation sites (tertiary alicyclic amines) is 1. The molecule has 0 spiro atoms. The maximum Gasteiger partial charge on any atom is 0.0815 e. The van der Waals surface area contributed by atoms with E-state index in [9.17, 15) is 0 Å². The molecule has 1 saturated heterocycles. The third-order valence-electron chi connectivity index (χ3n) is 5.02. The van der Waals surface area contributed by atoms with Crippen LogP contribution in [0.25, 0.3) is 0 Å². The molecule has 0 unspecified atom stereocenters. The van der Waals surface area contributed by atoms with E-state index in [1.54, 1.807) is 0 Å². The molecule has 0 radical (unpaired) electrons. The standard InChI is InChI=1S/C14H27IN/c1-2-16(9-3-4-10-16)12-14-7-5-13(11-15)6-8-14/h13-14H,2-12H2,1H3/q+1. The van der Waals surface area contributed by atoms with Crippen molar-refractivity contribution in [2.75, 3.05) is 30.6 Å². The molecule has 2 rings (SSSR count). The van der Waals surface area contributed by atoms with Crippen LogP contribution in [0.2, 0.25) is 0 Å². The van der Waals surface area contributed by atoms with Gasteiger partial charge in [-0.1, -0.05) is 22.6 Å². The smallest absolute Gasteiger partial charge is 0.0815 e. The molecule has 1 heterocycles. The minimum Gasteiger partial charge on any atom is -0.324 e. The number of nitrogens with zero attached hydrogens (tertiary/aromatic N) is 1. The van der Waals surface area contributed by atoms with Crippen molar-refractivity contribution in [3.63, 3.8) is 0 Å². The van der Waals surface area contributed by atoms with Crippen molar-refractivity contribution in [2.45, 2.75) is 45.4 Å². The third kappa shape index (κ3) is 3.12. The van der Waals surface area contributed by atoms with E-state index in [4.69, 9.17) is 0 Å². The zero-order valence-electron chi connectivity index (χ0n) is 10.8. The largest absolute Gasteiger partial charge is 0.324 e. The molecular formula is C14H27IN+. The first-order chi connectivity index (χ1) is 7.78. The van der Waals surface area contributed by atoms with Crippen molar-refractivity contribution in [2.24, 2.45) is 11.8 Å². The highest BCUT2D eigenvalue weighted by atomic mass is 127. The van der Waals surface area contributed by atoms with Gasteiger partial charge in [-0.05, 0) is 38.5 Å². The van der Waals surface area contributed by atoms with Gasteiger partial charge in [0.05, 0.1) is 26.2 Å². The van der Waals surface area contributed by atoms with Crippen LogP contribution < -0.4 is 0 Å². The lowest BCUT2D eigenvalue weighted by molar-refractivity contribution is -0.918. The second-order valence-electron chi connectivity index (χ2n) is 6.04. The average molecular weight is 336 g/mol. The number of quaternary nitrogens is 1. The van der Waals surface area contributed by atoms with Gasteiger partial charge < -0.3 is 4.48 Å². The maximum atomic E-state index is 2.57. The van der Waals surface area contributed by atoms with Crippen LogP contribution >= 0.6 is 22.6 Å². The molecule has 2 aliphatic rings. The Balaban J connectivity index is 1.81. The Hall–Kier alpha value is 0.690. The van der Waals surface area contributed by atoms with Crippen molar-refractivity contribution in [3.05, 3.63) is 0 Å². The van der Waals surface area contributed by atoms with E-state index in [0.717, 1.165) is 11.8 Å². The molecule has 16 heavy (non-hydrogen) atoms. The van der Waals surface area contributed by atoms with Crippen LogP contribution in [0, 0.1) is 11.8 Å². The second-order valence-corrected chi connectivity index (χ2v) is 6.92. The summed E-state index contributed by atoms with van der Waals surface area (Å²) in [5.41, 5.74) is 0. The lowest BCUT2D eigenvalue weighted by atomic mass is 9.82. The first-order valence-corrected chi connectivity index (χ1v) is 8.71. The van der Waals surface area contributed by atoms with Gasteiger partial charge in [0.2, 0.25) is 0 Å². The fraction of sp³-hybridized carbons (Fsp3) is 1.00. The predicted octanol–water partition coefficient (Wildman–Crippen LogP) is 3.86. The van der Waals surface area contributed by atoms with E-state index in [0.29, 0.717) is 0 Å². The van der Waals surface area contributed by atoms with Crippen LogP contribution in [0.1, 0.15) is 45.4 Å². The summed E-state index contributed by atoms with van der Waals surface area (Å²) in [7, 11) is 0. The van der Waals surface area contributed by atoms with Gasteiger partial charge >= 0.3 is 0 Å². The summed E-state index contributed by atoms with van der Waals surface area (Å²) >= 11 is 2.57. The Morgan fingerprint density at radius 3 is 2.06 bits per heavy atom. The Morgan fingerprint density at radius 1 is 1.00 bits per heavy atom. The average Bonchev–Trinajstić information content (AvgIpc) is 2.79. The van der Waals surface area contributed by atoms with Crippen molar-refractivity contribution >= 4 is 22.6 Å². The zero-order chi connectivity index (χ0) is 11.4. The molecule has 0 aromatic carbocycles. The van der Waals surface area contributed by atoms with Gasteiger partial charge in [-0.15, -0.1) is 0 Å². The first kappa shape index (κ1) is 13.1. The molecule has 0 aromatic heterocycles. The SMILES string of the molecule is CC[N+]1(CC2CCC(CI)CC2)CCCC1. The van der Waals surface area contributed by atoms with Gasteiger partial charge in [-0.3, -0.25) is 0 Å².